The van der Waals surface area contributed by atoms with E-state index in [-0.39, 0.29) is 24.2 Å². The third-order valence-corrected chi connectivity index (χ3v) is 7.16. The molecule has 4 rings (SSSR count). The summed E-state index contributed by atoms with van der Waals surface area (Å²) >= 11 is 0. The molecule has 0 aromatic heterocycles. The highest BCUT2D eigenvalue weighted by molar-refractivity contribution is 5.77. The quantitative estimate of drug-likeness (QED) is 0.640. The molecule has 3 nitrogen and oxygen atoms in total. The molecular formula is C24H25F3O3. The first-order valence-electron chi connectivity index (χ1n) is 10.1. The zero-order chi connectivity index (χ0) is 21.9. The standard InChI is InChI=1S/C24H25F3O3/c1-3-22-14-21(2,29)23(30,15-7-5-4-6-8-15)13-16(22)11-20(24(25,26)27)18-12-17(28)9-10-19(18)22/h4-12,16,28-30H,3,13-14H2,1-2H3/t16-,21-,22-,23-/m1/s1. The second-order valence-electron chi connectivity index (χ2n) is 8.81. The van der Waals surface area contributed by atoms with Crippen molar-refractivity contribution in [2.75, 3.05) is 0 Å². The number of hydrogen-bond acceptors (Lipinski definition) is 3. The molecule has 4 atom stereocenters. The Morgan fingerprint density at radius 3 is 2.33 bits per heavy atom. The largest absolute Gasteiger partial charge is 0.508 e. The highest BCUT2D eigenvalue weighted by Gasteiger charge is 2.61. The third kappa shape index (κ3) is 2.88. The molecule has 1 saturated carbocycles. The van der Waals surface area contributed by atoms with Crippen LogP contribution in [0.5, 0.6) is 5.75 Å². The minimum atomic E-state index is -4.60. The maximum absolute atomic E-state index is 13.9. The van der Waals surface area contributed by atoms with E-state index in [1.54, 1.807) is 37.3 Å². The SMILES string of the molecule is CC[C@@]12C[C@@](C)(O)[C@](O)(c3ccccc3)C[C@H]1C=C(C(F)(F)F)c1cc(O)ccc12. The summed E-state index contributed by atoms with van der Waals surface area (Å²) in [4.78, 5) is 0. The predicted octanol–water partition coefficient (Wildman–Crippen LogP) is 5.05. The minimum Gasteiger partial charge on any atom is -0.508 e. The van der Waals surface area contributed by atoms with Crippen LogP contribution >= 0.6 is 0 Å². The Bertz CT molecular complexity index is 997. The Labute approximate surface area is 173 Å². The van der Waals surface area contributed by atoms with Crippen molar-refractivity contribution in [3.05, 3.63) is 71.3 Å². The molecular weight excluding hydrogens is 393 g/mol. The van der Waals surface area contributed by atoms with Crippen LogP contribution in [0.15, 0.2) is 54.6 Å². The molecule has 160 valence electrons. The van der Waals surface area contributed by atoms with Gasteiger partial charge in [0.1, 0.15) is 11.4 Å². The number of halogens is 3. The average Bonchev–Trinajstić information content (AvgIpc) is 2.68. The van der Waals surface area contributed by atoms with Crippen LogP contribution in [-0.4, -0.2) is 27.1 Å². The van der Waals surface area contributed by atoms with E-state index in [1.807, 2.05) is 6.92 Å². The summed E-state index contributed by atoms with van der Waals surface area (Å²) in [6, 6.07) is 12.7. The van der Waals surface area contributed by atoms with E-state index in [4.69, 9.17) is 0 Å². The van der Waals surface area contributed by atoms with Crippen LogP contribution in [0.4, 0.5) is 13.2 Å². The van der Waals surface area contributed by atoms with Crippen LogP contribution in [0.3, 0.4) is 0 Å². The van der Waals surface area contributed by atoms with Gasteiger partial charge in [-0.3, -0.25) is 0 Å². The van der Waals surface area contributed by atoms with Gasteiger partial charge in [0.2, 0.25) is 0 Å². The number of alkyl halides is 3. The fourth-order valence-electron chi connectivity index (χ4n) is 5.59. The summed E-state index contributed by atoms with van der Waals surface area (Å²) in [6.07, 6.45) is -2.89. The van der Waals surface area contributed by atoms with Crippen LogP contribution in [0.1, 0.15) is 49.8 Å². The van der Waals surface area contributed by atoms with E-state index in [1.165, 1.54) is 18.2 Å². The third-order valence-electron chi connectivity index (χ3n) is 7.16. The normalized spacial score (nSPS) is 33.4. The number of hydrogen-bond donors (Lipinski definition) is 3. The molecule has 6 heteroatoms. The molecule has 2 aromatic rings. The maximum atomic E-state index is 13.9. The van der Waals surface area contributed by atoms with Gasteiger partial charge in [-0.25, -0.2) is 0 Å². The molecule has 0 unspecified atom stereocenters. The molecule has 0 spiro atoms. The number of benzene rings is 2. The Hall–Kier alpha value is -2.31. The van der Waals surface area contributed by atoms with E-state index in [2.05, 4.69) is 0 Å². The number of fused-ring (bicyclic) bond motifs is 3. The van der Waals surface area contributed by atoms with Crippen LogP contribution in [0, 0.1) is 5.92 Å². The molecule has 2 aliphatic rings. The van der Waals surface area contributed by atoms with Crippen molar-refractivity contribution < 1.29 is 28.5 Å². The van der Waals surface area contributed by atoms with E-state index in [0.29, 0.717) is 17.5 Å². The van der Waals surface area contributed by atoms with Gasteiger partial charge in [0, 0.05) is 5.41 Å². The first kappa shape index (κ1) is 20.9. The van der Waals surface area contributed by atoms with Crippen molar-refractivity contribution in [3.8, 4) is 5.75 Å². The lowest BCUT2D eigenvalue weighted by Crippen LogP contribution is -2.61. The molecule has 2 aromatic carbocycles. The van der Waals surface area contributed by atoms with Gasteiger partial charge in [0.25, 0.3) is 0 Å². The molecule has 0 amide bonds. The Kier molecular flexibility index (Phi) is 4.60. The predicted molar refractivity (Wildman–Crippen MR) is 108 cm³/mol. The zero-order valence-corrected chi connectivity index (χ0v) is 16.9. The fourth-order valence-corrected chi connectivity index (χ4v) is 5.59. The number of aromatic hydroxyl groups is 1. The van der Waals surface area contributed by atoms with E-state index in [9.17, 15) is 28.5 Å². The maximum Gasteiger partial charge on any atom is 0.416 e. The highest BCUT2D eigenvalue weighted by atomic mass is 19.4. The van der Waals surface area contributed by atoms with Crippen LogP contribution in [0.25, 0.3) is 5.57 Å². The highest BCUT2D eigenvalue weighted by Crippen LogP contribution is 2.61. The molecule has 0 aliphatic heterocycles. The topological polar surface area (TPSA) is 60.7 Å². The fraction of sp³-hybridized carbons (Fsp3) is 0.417. The lowest BCUT2D eigenvalue weighted by atomic mass is 9.49. The molecule has 0 heterocycles. The Morgan fingerprint density at radius 2 is 1.73 bits per heavy atom. The van der Waals surface area contributed by atoms with E-state index < -0.39 is 34.3 Å². The Balaban J connectivity index is 1.95. The second-order valence-corrected chi connectivity index (χ2v) is 8.81. The van der Waals surface area contributed by atoms with Crippen molar-refractivity contribution in [2.45, 2.75) is 55.9 Å². The summed E-state index contributed by atoms with van der Waals surface area (Å²) in [7, 11) is 0. The Morgan fingerprint density at radius 1 is 1.07 bits per heavy atom. The summed E-state index contributed by atoms with van der Waals surface area (Å²) in [5, 5.41) is 32.9. The summed E-state index contributed by atoms with van der Waals surface area (Å²) in [5.74, 6) is -0.876. The first-order chi connectivity index (χ1) is 13.9. The monoisotopic (exact) mass is 418 g/mol. The van der Waals surface area contributed by atoms with Crippen LogP contribution in [-0.2, 0) is 11.0 Å². The molecule has 0 saturated heterocycles. The lowest BCUT2D eigenvalue weighted by molar-refractivity contribution is -0.198. The zero-order valence-electron chi connectivity index (χ0n) is 16.9. The van der Waals surface area contributed by atoms with Gasteiger partial charge in [0.05, 0.1) is 11.2 Å². The van der Waals surface area contributed by atoms with Crippen molar-refractivity contribution in [2.24, 2.45) is 5.92 Å². The molecule has 3 N–H and O–H groups in total. The molecule has 0 bridgehead atoms. The molecule has 2 aliphatic carbocycles. The lowest BCUT2D eigenvalue weighted by Gasteiger charge is -2.58. The van der Waals surface area contributed by atoms with Crippen LogP contribution in [0.2, 0.25) is 0 Å². The van der Waals surface area contributed by atoms with Crippen molar-refractivity contribution in [1.82, 2.24) is 0 Å². The van der Waals surface area contributed by atoms with Gasteiger partial charge in [0.15, 0.2) is 0 Å². The van der Waals surface area contributed by atoms with Gasteiger partial charge in [-0.1, -0.05) is 49.4 Å². The van der Waals surface area contributed by atoms with Gasteiger partial charge >= 0.3 is 6.18 Å². The van der Waals surface area contributed by atoms with Crippen molar-refractivity contribution >= 4 is 5.57 Å². The second kappa shape index (κ2) is 6.59. The number of rotatable bonds is 2. The molecule has 0 radical (unpaired) electrons. The summed E-state index contributed by atoms with van der Waals surface area (Å²) < 4.78 is 41.8. The average molecular weight is 418 g/mol. The first-order valence-corrected chi connectivity index (χ1v) is 10.1. The van der Waals surface area contributed by atoms with Gasteiger partial charge in [-0.05, 0) is 60.9 Å². The van der Waals surface area contributed by atoms with E-state index >= 15 is 0 Å². The van der Waals surface area contributed by atoms with Gasteiger partial charge in [-0.2, -0.15) is 13.2 Å². The number of aliphatic hydroxyl groups is 2. The number of phenolic OH excluding ortho intramolecular Hbond substituents is 1. The minimum absolute atomic E-state index is 0.0439. The molecule has 1 fully saturated rings. The number of phenols is 1. The number of allylic oxidation sites excluding steroid dienone is 2. The molecule has 30 heavy (non-hydrogen) atoms. The van der Waals surface area contributed by atoms with Gasteiger partial charge in [-0.15, -0.1) is 0 Å². The van der Waals surface area contributed by atoms with Crippen molar-refractivity contribution in [3.63, 3.8) is 0 Å². The van der Waals surface area contributed by atoms with E-state index in [0.717, 1.165) is 6.07 Å². The smallest absolute Gasteiger partial charge is 0.416 e. The van der Waals surface area contributed by atoms with Crippen molar-refractivity contribution in [1.29, 1.82) is 0 Å². The van der Waals surface area contributed by atoms with Crippen LogP contribution < -0.4 is 0 Å². The van der Waals surface area contributed by atoms with Gasteiger partial charge < -0.3 is 15.3 Å². The summed E-state index contributed by atoms with van der Waals surface area (Å²) in [5.41, 5.74) is -3.97. The summed E-state index contributed by atoms with van der Waals surface area (Å²) in [6.45, 7) is 3.44.